The van der Waals surface area contributed by atoms with Crippen LogP contribution in [0.25, 0.3) is 16.8 Å². The van der Waals surface area contributed by atoms with Crippen molar-refractivity contribution in [3.8, 4) is 22.8 Å². The molecule has 0 bridgehead atoms. The van der Waals surface area contributed by atoms with Crippen molar-refractivity contribution in [3.63, 3.8) is 0 Å². The van der Waals surface area contributed by atoms with Crippen molar-refractivity contribution >= 4 is 45.8 Å². The van der Waals surface area contributed by atoms with Gasteiger partial charge in [0.2, 0.25) is 5.91 Å². The van der Waals surface area contributed by atoms with E-state index in [1.165, 1.54) is 0 Å². The summed E-state index contributed by atoms with van der Waals surface area (Å²) in [4.78, 5) is 36.4. The molecule has 4 aromatic rings. The number of benzene rings is 1. The Morgan fingerprint density at radius 2 is 1.75 bits per heavy atom. The Morgan fingerprint density at radius 3 is 2.40 bits per heavy atom. The molecule has 0 aliphatic carbocycles. The molecule has 0 saturated carbocycles. The minimum Gasteiger partial charge on any atom is -0.497 e. The van der Waals surface area contributed by atoms with E-state index in [4.69, 9.17) is 19.2 Å². The van der Waals surface area contributed by atoms with E-state index >= 15 is 0 Å². The number of nitrogens with zero attached hydrogens (tertiary/aromatic N) is 6. The predicted octanol–water partition coefficient (Wildman–Crippen LogP) is 6.44. The lowest BCUT2D eigenvalue weighted by Crippen LogP contribution is -2.50. The summed E-state index contributed by atoms with van der Waals surface area (Å²) >= 11 is 2.28. The number of carbonyl (C=O) groups excluding carboxylic acids is 2. The predicted molar refractivity (Wildman–Crippen MR) is 192 cm³/mol. The fourth-order valence-corrected chi connectivity index (χ4v) is 6.94. The number of hydrogen-bond acceptors (Lipinski definition) is 8. The number of piperazine rings is 1. The fraction of sp³-hybridized carbons (Fsp3) is 0.444. The van der Waals surface area contributed by atoms with Gasteiger partial charge in [-0.25, -0.2) is 9.31 Å². The molecule has 0 radical (unpaired) electrons. The number of fused-ring (bicyclic) bond motifs is 1. The van der Waals surface area contributed by atoms with Gasteiger partial charge < -0.3 is 28.9 Å². The van der Waals surface area contributed by atoms with E-state index < -0.39 is 5.60 Å². The maximum absolute atomic E-state index is 13.2. The van der Waals surface area contributed by atoms with Crippen LogP contribution in [0.3, 0.4) is 0 Å². The van der Waals surface area contributed by atoms with Crippen LogP contribution in [0.2, 0.25) is 0 Å². The fourth-order valence-electron chi connectivity index (χ4n) is 6.30. The van der Waals surface area contributed by atoms with E-state index in [9.17, 15) is 9.59 Å². The maximum Gasteiger partial charge on any atom is 0.410 e. The molecule has 6 rings (SSSR count). The summed E-state index contributed by atoms with van der Waals surface area (Å²) in [5.41, 5.74) is 4.13. The van der Waals surface area contributed by atoms with Gasteiger partial charge in [0.05, 0.1) is 40.5 Å². The molecular weight excluding hydrogens is 723 g/mol. The number of ether oxygens (including phenoxy) is 3. The SMILES string of the molecule is COc1ccc([C@@H](C)N2CC([C@@H](C)Oc3cc(-c4ccc(N5CCN(C(=O)OC(C)(C)C)CC5)cn4)cn4ncc(I)c34)CC2=O)cc1. The summed E-state index contributed by atoms with van der Waals surface area (Å²) in [5.74, 6) is 1.67. The van der Waals surface area contributed by atoms with Gasteiger partial charge in [0.25, 0.3) is 0 Å². The van der Waals surface area contributed by atoms with Crippen LogP contribution in [0, 0.1) is 9.49 Å². The highest BCUT2D eigenvalue weighted by molar-refractivity contribution is 14.1. The van der Waals surface area contributed by atoms with E-state index in [1.807, 2.05) is 92.1 Å². The van der Waals surface area contributed by atoms with Gasteiger partial charge in [-0.15, -0.1) is 0 Å². The lowest BCUT2D eigenvalue weighted by molar-refractivity contribution is -0.129. The number of aromatic nitrogens is 3. The van der Waals surface area contributed by atoms with Crippen molar-refractivity contribution in [2.45, 2.75) is 58.8 Å². The number of methoxy groups -OCH3 is 1. The third-order valence-electron chi connectivity index (χ3n) is 9.10. The van der Waals surface area contributed by atoms with Crippen molar-refractivity contribution < 1.29 is 23.8 Å². The Bertz CT molecular complexity index is 1760. The van der Waals surface area contributed by atoms with Gasteiger partial charge in [-0.3, -0.25) is 9.78 Å². The molecule has 2 amide bonds. The minimum atomic E-state index is -0.512. The van der Waals surface area contributed by atoms with E-state index in [1.54, 1.807) is 12.0 Å². The molecule has 254 valence electrons. The average molecular weight is 767 g/mol. The Balaban J connectivity index is 1.14. The average Bonchev–Trinajstić information content (AvgIpc) is 3.66. The normalized spacial score (nSPS) is 18.3. The van der Waals surface area contributed by atoms with Gasteiger partial charge in [0.1, 0.15) is 28.7 Å². The van der Waals surface area contributed by atoms with E-state index in [2.05, 4.69) is 45.6 Å². The van der Waals surface area contributed by atoms with Crippen LogP contribution < -0.4 is 14.4 Å². The number of pyridine rings is 2. The van der Waals surface area contributed by atoms with Crippen molar-refractivity contribution in [2.75, 3.05) is 44.7 Å². The van der Waals surface area contributed by atoms with E-state index in [-0.39, 0.29) is 30.1 Å². The first-order valence-electron chi connectivity index (χ1n) is 16.4. The van der Waals surface area contributed by atoms with Gasteiger partial charge in [-0.2, -0.15) is 5.10 Å². The van der Waals surface area contributed by atoms with Crippen molar-refractivity contribution in [1.82, 2.24) is 24.4 Å². The molecule has 48 heavy (non-hydrogen) atoms. The summed E-state index contributed by atoms with van der Waals surface area (Å²) in [6, 6.07) is 13.9. The topological polar surface area (TPSA) is 102 Å². The largest absolute Gasteiger partial charge is 0.497 e. The molecular formula is C36H43IN6O5. The van der Waals surface area contributed by atoms with E-state index in [0.717, 1.165) is 37.3 Å². The Morgan fingerprint density at radius 1 is 1.02 bits per heavy atom. The molecule has 2 aliphatic rings. The molecule has 3 atom stereocenters. The van der Waals surface area contributed by atoms with Crippen molar-refractivity contribution in [2.24, 2.45) is 5.92 Å². The molecule has 0 N–H and O–H groups in total. The summed E-state index contributed by atoms with van der Waals surface area (Å²) in [5, 5.41) is 4.58. The molecule has 3 aromatic heterocycles. The first kappa shape index (κ1) is 33.8. The lowest BCUT2D eigenvalue weighted by Gasteiger charge is -2.36. The van der Waals surface area contributed by atoms with Gasteiger partial charge in [-0.05, 0) is 93.1 Å². The van der Waals surface area contributed by atoms with Crippen LogP contribution in [-0.2, 0) is 9.53 Å². The highest BCUT2D eigenvalue weighted by Gasteiger charge is 2.37. The zero-order valence-corrected chi connectivity index (χ0v) is 30.5. The van der Waals surface area contributed by atoms with Crippen LogP contribution in [0.5, 0.6) is 11.5 Å². The summed E-state index contributed by atoms with van der Waals surface area (Å²) < 4.78 is 20.3. The molecule has 5 heterocycles. The third kappa shape index (κ3) is 7.32. The Labute approximate surface area is 295 Å². The molecule has 1 aromatic carbocycles. The number of rotatable bonds is 8. The number of anilines is 1. The monoisotopic (exact) mass is 766 g/mol. The summed E-state index contributed by atoms with van der Waals surface area (Å²) in [6.45, 7) is 13.0. The van der Waals surface area contributed by atoms with Gasteiger partial charge in [0.15, 0.2) is 0 Å². The number of likely N-dealkylation sites (tertiary alicyclic amines) is 1. The second-order valence-electron chi connectivity index (χ2n) is 13.5. The second kappa shape index (κ2) is 13.8. The molecule has 1 unspecified atom stereocenters. The maximum atomic E-state index is 13.2. The van der Waals surface area contributed by atoms with Gasteiger partial charge in [0, 0.05) is 56.8 Å². The quantitative estimate of drug-likeness (QED) is 0.189. The molecule has 2 fully saturated rings. The van der Waals surface area contributed by atoms with Crippen LogP contribution in [-0.4, -0.2) is 87.9 Å². The summed E-state index contributed by atoms with van der Waals surface area (Å²) in [7, 11) is 1.65. The smallest absolute Gasteiger partial charge is 0.410 e. The van der Waals surface area contributed by atoms with Crippen molar-refractivity contribution in [3.05, 3.63) is 70.2 Å². The zero-order chi connectivity index (χ0) is 34.2. The zero-order valence-electron chi connectivity index (χ0n) is 28.4. The first-order valence-corrected chi connectivity index (χ1v) is 17.4. The van der Waals surface area contributed by atoms with Gasteiger partial charge in [-0.1, -0.05) is 12.1 Å². The molecule has 2 aliphatic heterocycles. The Hall–Kier alpha value is -4.07. The lowest BCUT2D eigenvalue weighted by atomic mass is 10.0. The highest BCUT2D eigenvalue weighted by Crippen LogP contribution is 2.35. The molecule has 2 saturated heterocycles. The summed E-state index contributed by atoms with van der Waals surface area (Å²) in [6.07, 6.45) is 5.62. The number of amides is 2. The number of carbonyl (C=O) groups is 2. The molecule has 12 heteroatoms. The Kier molecular flexibility index (Phi) is 9.73. The third-order valence-corrected chi connectivity index (χ3v) is 9.89. The van der Waals surface area contributed by atoms with E-state index in [0.29, 0.717) is 44.9 Å². The van der Waals surface area contributed by atoms with Crippen LogP contribution >= 0.6 is 22.6 Å². The van der Waals surface area contributed by atoms with Crippen LogP contribution in [0.4, 0.5) is 10.5 Å². The molecule has 0 spiro atoms. The standard InChI is InChI=1S/C36H43IN6O5/c1-23(25-7-10-29(46-6)11-8-25)42-21-26(18-33(42)44)24(2)47-32-17-27(22-43-34(32)30(37)20-39-43)31-12-9-28(19-38-31)40-13-15-41(16-14-40)35(45)48-36(3,4)5/h7-12,17,19-20,22-24,26H,13-16,18,21H2,1-6H3/t23-,24-,26?/m1/s1. The number of hydrogen-bond donors (Lipinski definition) is 0. The number of halogens is 1. The van der Waals surface area contributed by atoms with Crippen LogP contribution in [0.1, 0.15) is 52.6 Å². The first-order chi connectivity index (χ1) is 22.9. The van der Waals surface area contributed by atoms with Crippen LogP contribution in [0.15, 0.2) is 61.1 Å². The highest BCUT2D eigenvalue weighted by atomic mass is 127. The van der Waals surface area contributed by atoms with Crippen molar-refractivity contribution in [1.29, 1.82) is 0 Å². The molecule has 11 nitrogen and oxygen atoms in total. The minimum absolute atomic E-state index is 0.0377. The second-order valence-corrected chi connectivity index (χ2v) is 14.7. The van der Waals surface area contributed by atoms with Gasteiger partial charge >= 0.3 is 6.09 Å².